The van der Waals surface area contributed by atoms with E-state index in [1.54, 1.807) is 0 Å². The molecule has 1 heterocycles. The van der Waals surface area contributed by atoms with Gasteiger partial charge in [0, 0.05) is 12.1 Å². The molecular formula is C8H12N2. The second-order valence-electron chi connectivity index (χ2n) is 2.88. The smallest absolute Gasteiger partial charge is 0.0552 e. The summed E-state index contributed by atoms with van der Waals surface area (Å²) < 4.78 is 0. The van der Waals surface area contributed by atoms with Crippen molar-refractivity contribution >= 4 is 0 Å². The minimum Gasteiger partial charge on any atom is -0.294 e. The van der Waals surface area contributed by atoms with Gasteiger partial charge in [0.2, 0.25) is 0 Å². The molecule has 1 fully saturated rings. The first-order chi connectivity index (χ1) is 4.86. The molecule has 1 aliphatic heterocycles. The van der Waals surface area contributed by atoms with E-state index in [9.17, 15) is 0 Å². The van der Waals surface area contributed by atoms with E-state index in [1.807, 2.05) is 0 Å². The minimum absolute atomic E-state index is 0.447. The molecule has 2 heteroatoms. The molecule has 0 aromatic rings. The Kier molecular flexibility index (Phi) is 1.36. The van der Waals surface area contributed by atoms with Crippen molar-refractivity contribution in [3.63, 3.8) is 0 Å². The Balaban J connectivity index is 2.14. The van der Waals surface area contributed by atoms with Gasteiger partial charge in [0.25, 0.3) is 0 Å². The first-order valence-corrected chi connectivity index (χ1v) is 3.73. The Morgan fingerprint density at radius 3 is 2.00 bits per heavy atom. The van der Waals surface area contributed by atoms with Crippen LogP contribution in [0.4, 0.5) is 0 Å². The fourth-order valence-corrected chi connectivity index (χ4v) is 1.55. The average Bonchev–Trinajstić information content (AvgIpc) is 2.27. The zero-order valence-electron chi connectivity index (χ0n) is 6.04. The monoisotopic (exact) mass is 136 g/mol. The van der Waals surface area contributed by atoms with Crippen molar-refractivity contribution in [3.05, 3.63) is 24.3 Å². The molecule has 10 heavy (non-hydrogen) atoms. The summed E-state index contributed by atoms with van der Waals surface area (Å²) in [6.07, 6.45) is 9.02. The number of allylic oxidation sites excluding steroid dienone is 2. The fraction of sp³-hybridized carbons (Fsp3) is 0.500. The lowest BCUT2D eigenvalue weighted by molar-refractivity contribution is 0.585. The zero-order chi connectivity index (χ0) is 6.97. The molecule has 0 aromatic heterocycles. The third-order valence-electron chi connectivity index (χ3n) is 2.02. The van der Waals surface area contributed by atoms with Crippen LogP contribution in [0.15, 0.2) is 24.3 Å². The second-order valence-corrected chi connectivity index (χ2v) is 2.88. The average molecular weight is 136 g/mol. The fourth-order valence-electron chi connectivity index (χ4n) is 1.55. The maximum Gasteiger partial charge on any atom is 0.0552 e. The highest BCUT2D eigenvalue weighted by Gasteiger charge is 2.27. The third kappa shape index (κ3) is 0.895. The van der Waals surface area contributed by atoms with Crippen molar-refractivity contribution in [2.75, 3.05) is 0 Å². The van der Waals surface area contributed by atoms with E-state index < -0.39 is 0 Å². The largest absolute Gasteiger partial charge is 0.294 e. The van der Waals surface area contributed by atoms with Crippen LogP contribution in [0.1, 0.15) is 6.92 Å². The molecule has 0 amide bonds. The van der Waals surface area contributed by atoms with Crippen molar-refractivity contribution in [2.24, 2.45) is 0 Å². The van der Waals surface area contributed by atoms with Crippen LogP contribution < -0.4 is 10.6 Å². The molecule has 0 spiro atoms. The normalized spacial score (nSPS) is 43.9. The number of hydrogen-bond acceptors (Lipinski definition) is 2. The van der Waals surface area contributed by atoms with Gasteiger partial charge in [-0.2, -0.15) is 0 Å². The highest BCUT2D eigenvalue weighted by Crippen LogP contribution is 2.10. The molecule has 1 aliphatic carbocycles. The number of fused-ring (bicyclic) bond motifs is 1. The number of rotatable bonds is 0. The Bertz CT molecular complexity index is 164. The van der Waals surface area contributed by atoms with Gasteiger partial charge in [0.05, 0.1) is 6.17 Å². The summed E-state index contributed by atoms with van der Waals surface area (Å²) >= 11 is 0. The number of nitrogens with one attached hydrogen (secondary N) is 2. The molecule has 1 saturated heterocycles. The van der Waals surface area contributed by atoms with E-state index in [-0.39, 0.29) is 0 Å². The molecule has 0 radical (unpaired) electrons. The molecule has 2 nitrogen and oxygen atoms in total. The van der Waals surface area contributed by atoms with E-state index in [2.05, 4.69) is 41.9 Å². The van der Waals surface area contributed by atoms with Gasteiger partial charge in [-0.25, -0.2) is 0 Å². The summed E-state index contributed by atoms with van der Waals surface area (Å²) in [4.78, 5) is 0. The van der Waals surface area contributed by atoms with E-state index in [1.165, 1.54) is 0 Å². The lowest BCUT2D eigenvalue weighted by atomic mass is 10.1. The van der Waals surface area contributed by atoms with Gasteiger partial charge in [-0.1, -0.05) is 24.3 Å². The van der Waals surface area contributed by atoms with Crippen LogP contribution >= 0.6 is 0 Å². The van der Waals surface area contributed by atoms with Crippen LogP contribution in [0.2, 0.25) is 0 Å². The quantitative estimate of drug-likeness (QED) is 0.503. The van der Waals surface area contributed by atoms with Crippen molar-refractivity contribution < 1.29 is 0 Å². The van der Waals surface area contributed by atoms with Crippen molar-refractivity contribution in [2.45, 2.75) is 25.2 Å². The maximum absolute atomic E-state index is 3.41. The Morgan fingerprint density at radius 2 is 1.50 bits per heavy atom. The molecule has 2 aliphatic rings. The summed E-state index contributed by atoms with van der Waals surface area (Å²) in [6, 6.07) is 1.03. The maximum atomic E-state index is 3.41. The van der Waals surface area contributed by atoms with E-state index in [0.717, 1.165) is 0 Å². The van der Waals surface area contributed by atoms with Gasteiger partial charge < -0.3 is 0 Å². The molecule has 2 atom stereocenters. The predicted octanol–water partition coefficient (Wildman–Crippen LogP) is 0.388. The Morgan fingerprint density at radius 1 is 1.00 bits per heavy atom. The highest BCUT2D eigenvalue weighted by atomic mass is 15.2. The van der Waals surface area contributed by atoms with Gasteiger partial charge in [-0.15, -0.1) is 0 Å². The topological polar surface area (TPSA) is 24.1 Å². The second kappa shape index (κ2) is 2.22. The summed E-state index contributed by atoms with van der Waals surface area (Å²) in [5.41, 5.74) is 0. The van der Waals surface area contributed by atoms with Crippen LogP contribution in [0.25, 0.3) is 0 Å². The first-order valence-electron chi connectivity index (χ1n) is 3.73. The number of hydrogen-bond donors (Lipinski definition) is 2. The molecule has 54 valence electrons. The van der Waals surface area contributed by atoms with Gasteiger partial charge >= 0.3 is 0 Å². The van der Waals surface area contributed by atoms with Crippen LogP contribution in [-0.4, -0.2) is 18.2 Å². The minimum atomic E-state index is 0.447. The summed E-state index contributed by atoms with van der Waals surface area (Å²) in [7, 11) is 0. The Hall–Kier alpha value is -0.600. The van der Waals surface area contributed by atoms with Gasteiger partial charge in [-0.3, -0.25) is 10.6 Å². The Labute approximate surface area is 61.0 Å². The van der Waals surface area contributed by atoms with E-state index in [0.29, 0.717) is 18.2 Å². The third-order valence-corrected chi connectivity index (χ3v) is 2.02. The van der Waals surface area contributed by atoms with Crippen molar-refractivity contribution in [3.8, 4) is 0 Å². The molecule has 0 bridgehead atoms. The van der Waals surface area contributed by atoms with E-state index >= 15 is 0 Å². The molecule has 0 aromatic carbocycles. The highest BCUT2D eigenvalue weighted by molar-refractivity contribution is 5.22. The molecular weight excluding hydrogens is 124 g/mol. The molecule has 2 unspecified atom stereocenters. The molecule has 2 rings (SSSR count). The van der Waals surface area contributed by atoms with Crippen LogP contribution in [0, 0.1) is 0 Å². The van der Waals surface area contributed by atoms with Crippen molar-refractivity contribution in [1.29, 1.82) is 0 Å². The first kappa shape index (κ1) is 6.13. The molecule has 0 saturated carbocycles. The predicted molar refractivity (Wildman–Crippen MR) is 41.6 cm³/mol. The van der Waals surface area contributed by atoms with Crippen LogP contribution in [0.5, 0.6) is 0 Å². The van der Waals surface area contributed by atoms with E-state index in [4.69, 9.17) is 0 Å². The lowest BCUT2D eigenvalue weighted by Gasteiger charge is -2.13. The summed E-state index contributed by atoms with van der Waals surface area (Å²) in [6.45, 7) is 2.14. The van der Waals surface area contributed by atoms with Gasteiger partial charge in [0.1, 0.15) is 0 Å². The SMILES string of the molecule is CC1NC2C=CC=CC2N1. The van der Waals surface area contributed by atoms with Crippen LogP contribution in [0.3, 0.4) is 0 Å². The van der Waals surface area contributed by atoms with Crippen LogP contribution in [-0.2, 0) is 0 Å². The standard InChI is InChI=1S/C8H12N2/c1-6-9-7-4-2-3-5-8(7)10-6/h2-10H,1H3. The summed E-state index contributed by atoms with van der Waals surface area (Å²) in [5, 5.41) is 6.81. The molecule has 2 N–H and O–H groups in total. The summed E-state index contributed by atoms with van der Waals surface area (Å²) in [5.74, 6) is 0. The van der Waals surface area contributed by atoms with Crippen molar-refractivity contribution in [1.82, 2.24) is 10.6 Å². The lowest BCUT2D eigenvalue weighted by Crippen LogP contribution is -2.30. The van der Waals surface area contributed by atoms with Gasteiger partial charge in [0.15, 0.2) is 0 Å². The zero-order valence-corrected chi connectivity index (χ0v) is 6.04. The van der Waals surface area contributed by atoms with Gasteiger partial charge in [-0.05, 0) is 6.92 Å².